The highest BCUT2D eigenvalue weighted by atomic mass is 15.3. The molecular formula is C30H36N14. The molecule has 44 heavy (non-hydrogen) atoms. The van der Waals surface area contributed by atoms with E-state index < -0.39 is 0 Å². The second kappa shape index (κ2) is 13.4. The Bertz CT molecular complexity index is 1710. The van der Waals surface area contributed by atoms with Crippen LogP contribution >= 0.6 is 0 Å². The Morgan fingerprint density at radius 2 is 1.00 bits per heavy atom. The summed E-state index contributed by atoms with van der Waals surface area (Å²) in [5, 5.41) is 13.0. The molecule has 0 amide bonds. The number of aromatic nitrogens is 6. The van der Waals surface area contributed by atoms with Gasteiger partial charge in [-0.2, -0.15) is 29.9 Å². The van der Waals surface area contributed by atoms with Crippen LogP contribution in [0.3, 0.4) is 0 Å². The van der Waals surface area contributed by atoms with Gasteiger partial charge in [0.25, 0.3) is 0 Å². The predicted octanol–water partition coefficient (Wildman–Crippen LogP) is 4.24. The van der Waals surface area contributed by atoms with Gasteiger partial charge in [0, 0.05) is 63.2 Å². The summed E-state index contributed by atoms with van der Waals surface area (Å²) in [5.74, 6) is 2.77. The molecule has 0 fully saturated rings. The van der Waals surface area contributed by atoms with E-state index in [2.05, 4.69) is 63.3 Å². The van der Waals surface area contributed by atoms with Crippen molar-refractivity contribution in [3.63, 3.8) is 0 Å². The third-order valence-corrected chi connectivity index (χ3v) is 6.24. The van der Waals surface area contributed by atoms with Gasteiger partial charge in [-0.1, -0.05) is 24.3 Å². The zero-order valence-corrected chi connectivity index (χ0v) is 25.1. The zero-order chi connectivity index (χ0) is 31.1. The van der Waals surface area contributed by atoms with Crippen LogP contribution in [0.1, 0.15) is 5.56 Å². The van der Waals surface area contributed by atoms with Gasteiger partial charge in [0.2, 0.25) is 35.7 Å². The first-order chi connectivity index (χ1) is 21.2. The Morgan fingerprint density at radius 1 is 0.545 bits per heavy atom. The Labute approximate surface area is 256 Å². The predicted molar refractivity (Wildman–Crippen MR) is 179 cm³/mol. The molecule has 8 N–H and O–H groups in total. The van der Waals surface area contributed by atoms with Gasteiger partial charge in [-0.05, 0) is 60.5 Å². The summed E-state index contributed by atoms with van der Waals surface area (Å²) in [5.41, 5.74) is 16.7. The molecule has 14 nitrogen and oxygen atoms in total. The summed E-state index contributed by atoms with van der Waals surface area (Å²) in [6.45, 7) is 0.625. The topological polar surface area (TPSA) is 184 Å². The average molecular weight is 593 g/mol. The number of nitrogens with one attached hydrogen (secondary N) is 4. The Kier molecular flexibility index (Phi) is 8.99. The first kappa shape index (κ1) is 29.6. The average Bonchev–Trinajstić information content (AvgIpc) is 2.98. The SMILES string of the molecule is CN(C)c1nc(NCCc2ccc(Nc3nc(Nc4cccc(N)c4)nc(N(C)C)n3)cc2)nc(Nc2cccc(N)c2)n1. The molecule has 0 unspecified atom stereocenters. The number of rotatable bonds is 12. The van der Waals surface area contributed by atoms with Gasteiger partial charge in [-0.3, -0.25) is 0 Å². The van der Waals surface area contributed by atoms with Crippen LogP contribution < -0.4 is 42.5 Å². The van der Waals surface area contributed by atoms with Crippen molar-refractivity contribution in [2.75, 3.05) is 77.3 Å². The lowest BCUT2D eigenvalue weighted by molar-refractivity contribution is 0.933. The minimum Gasteiger partial charge on any atom is -0.399 e. The van der Waals surface area contributed by atoms with Crippen LogP contribution in [-0.4, -0.2) is 64.6 Å². The summed E-state index contributed by atoms with van der Waals surface area (Å²) in [4.78, 5) is 30.8. The Balaban J connectivity index is 1.22. The number of nitrogen functional groups attached to an aromatic ring is 2. The molecule has 0 aliphatic rings. The van der Waals surface area contributed by atoms with E-state index in [1.165, 1.54) is 0 Å². The molecule has 2 aromatic heterocycles. The van der Waals surface area contributed by atoms with Crippen LogP contribution in [0.25, 0.3) is 0 Å². The van der Waals surface area contributed by atoms with E-state index in [1.807, 2.05) is 98.7 Å². The van der Waals surface area contributed by atoms with Crippen molar-refractivity contribution >= 4 is 64.1 Å². The van der Waals surface area contributed by atoms with Crippen LogP contribution in [-0.2, 0) is 6.42 Å². The summed E-state index contributed by atoms with van der Waals surface area (Å²) in [7, 11) is 7.52. The van der Waals surface area contributed by atoms with Crippen molar-refractivity contribution in [1.29, 1.82) is 0 Å². The number of nitrogens with zero attached hydrogens (tertiary/aromatic N) is 8. The van der Waals surface area contributed by atoms with Gasteiger partial charge in [0.05, 0.1) is 0 Å². The van der Waals surface area contributed by atoms with Gasteiger partial charge >= 0.3 is 0 Å². The fraction of sp³-hybridized carbons (Fsp3) is 0.200. The number of nitrogens with two attached hydrogens (primary N) is 2. The van der Waals surface area contributed by atoms with Crippen LogP contribution in [0.15, 0.2) is 72.8 Å². The first-order valence-electron chi connectivity index (χ1n) is 13.9. The molecule has 0 saturated carbocycles. The van der Waals surface area contributed by atoms with Crippen molar-refractivity contribution in [2.24, 2.45) is 0 Å². The van der Waals surface area contributed by atoms with Crippen molar-refractivity contribution in [1.82, 2.24) is 29.9 Å². The number of benzene rings is 3. The Morgan fingerprint density at radius 3 is 1.48 bits per heavy atom. The van der Waals surface area contributed by atoms with E-state index in [9.17, 15) is 0 Å². The van der Waals surface area contributed by atoms with E-state index in [-0.39, 0.29) is 0 Å². The molecule has 0 radical (unpaired) electrons. The van der Waals surface area contributed by atoms with Crippen LogP contribution in [0.2, 0.25) is 0 Å². The summed E-state index contributed by atoms with van der Waals surface area (Å²) in [6, 6.07) is 22.9. The standard InChI is InChI=1S/C30H36N14/c1-43(2)29-39-25(37-27(41-29)35-23-9-5-7-20(31)17-23)33-16-15-19-11-13-22(14-12-19)34-26-38-28(42-30(40-26)44(3)4)36-24-10-6-8-21(32)18-24/h5-14,17-18H,15-16,31-32H2,1-4H3,(H2,33,35,37,39,41)(H2,34,36,38,40,42). The molecular weight excluding hydrogens is 556 g/mol. The second-order valence-corrected chi connectivity index (χ2v) is 10.4. The second-order valence-electron chi connectivity index (χ2n) is 10.4. The van der Waals surface area contributed by atoms with E-state index in [4.69, 9.17) is 11.5 Å². The minimum atomic E-state index is 0.404. The first-order valence-corrected chi connectivity index (χ1v) is 13.9. The number of hydrogen-bond acceptors (Lipinski definition) is 14. The normalized spacial score (nSPS) is 10.6. The summed E-state index contributed by atoms with van der Waals surface area (Å²) >= 11 is 0. The van der Waals surface area contributed by atoms with Gasteiger partial charge in [0.1, 0.15) is 0 Å². The molecule has 2 heterocycles. The Hall–Kier alpha value is -5.92. The quantitative estimate of drug-likeness (QED) is 0.113. The number of hydrogen-bond donors (Lipinski definition) is 6. The summed E-state index contributed by atoms with van der Waals surface area (Å²) < 4.78 is 0. The van der Waals surface area contributed by atoms with Gasteiger partial charge in [-0.25, -0.2) is 0 Å². The molecule has 0 atom stereocenters. The summed E-state index contributed by atoms with van der Waals surface area (Å²) in [6.07, 6.45) is 0.756. The lowest BCUT2D eigenvalue weighted by Gasteiger charge is -2.15. The van der Waals surface area contributed by atoms with Gasteiger partial charge < -0.3 is 42.5 Å². The molecule has 0 bridgehead atoms. The van der Waals surface area contributed by atoms with Crippen molar-refractivity contribution in [3.05, 3.63) is 78.4 Å². The van der Waals surface area contributed by atoms with Crippen molar-refractivity contribution < 1.29 is 0 Å². The largest absolute Gasteiger partial charge is 0.399 e. The maximum atomic E-state index is 5.91. The highest BCUT2D eigenvalue weighted by Crippen LogP contribution is 2.22. The molecule has 0 saturated heterocycles. The highest BCUT2D eigenvalue weighted by Gasteiger charge is 2.11. The zero-order valence-electron chi connectivity index (χ0n) is 25.1. The molecule has 5 rings (SSSR count). The highest BCUT2D eigenvalue weighted by molar-refractivity contribution is 5.63. The van der Waals surface area contributed by atoms with E-state index in [0.29, 0.717) is 53.6 Å². The molecule has 5 aromatic rings. The molecule has 0 aliphatic carbocycles. The van der Waals surface area contributed by atoms with Crippen LogP contribution in [0.4, 0.5) is 64.1 Å². The fourth-order valence-corrected chi connectivity index (χ4v) is 4.07. The molecule has 14 heteroatoms. The smallest absolute Gasteiger partial charge is 0.233 e. The monoisotopic (exact) mass is 592 g/mol. The van der Waals surface area contributed by atoms with Crippen LogP contribution in [0, 0.1) is 0 Å². The van der Waals surface area contributed by atoms with Gasteiger partial charge in [0.15, 0.2) is 0 Å². The van der Waals surface area contributed by atoms with Crippen LogP contribution in [0.5, 0.6) is 0 Å². The molecule has 226 valence electrons. The lowest BCUT2D eigenvalue weighted by atomic mass is 10.1. The third kappa shape index (κ3) is 8.09. The van der Waals surface area contributed by atoms with E-state index in [1.54, 1.807) is 0 Å². The van der Waals surface area contributed by atoms with E-state index >= 15 is 0 Å². The van der Waals surface area contributed by atoms with Crippen molar-refractivity contribution in [3.8, 4) is 0 Å². The van der Waals surface area contributed by atoms with Gasteiger partial charge in [-0.15, -0.1) is 0 Å². The molecule has 0 aliphatic heterocycles. The lowest BCUT2D eigenvalue weighted by Crippen LogP contribution is -2.17. The maximum Gasteiger partial charge on any atom is 0.233 e. The van der Waals surface area contributed by atoms with Crippen molar-refractivity contribution in [2.45, 2.75) is 6.42 Å². The maximum absolute atomic E-state index is 5.91. The number of anilines is 11. The molecule has 0 spiro atoms. The van der Waals surface area contributed by atoms with E-state index in [0.717, 1.165) is 29.0 Å². The molecule has 3 aromatic carbocycles. The minimum absolute atomic E-state index is 0.404. The fourth-order valence-electron chi connectivity index (χ4n) is 4.07. The third-order valence-electron chi connectivity index (χ3n) is 6.24.